The summed E-state index contributed by atoms with van der Waals surface area (Å²) in [5.41, 5.74) is 14.5. The van der Waals surface area contributed by atoms with Crippen LogP contribution in [0.25, 0.3) is 21.7 Å². The van der Waals surface area contributed by atoms with Gasteiger partial charge >= 0.3 is 0 Å². The number of hydrogen-bond acceptors (Lipinski definition) is 19. The van der Waals surface area contributed by atoms with Gasteiger partial charge in [-0.05, 0) is 73.2 Å². The summed E-state index contributed by atoms with van der Waals surface area (Å²) in [7, 11) is 0. The zero-order valence-corrected chi connectivity index (χ0v) is 45.7. The van der Waals surface area contributed by atoms with E-state index in [-0.39, 0.29) is 48.6 Å². The number of phenols is 1. The Kier molecular flexibility index (Phi) is 15.8. The number of nitrogens with zero attached hydrogens (tertiary/aromatic N) is 11. The van der Waals surface area contributed by atoms with E-state index in [1.54, 1.807) is 29.5 Å². The summed E-state index contributed by atoms with van der Waals surface area (Å²) in [5, 5.41) is 37.0. The molecule has 0 radical (unpaired) electrons. The fourth-order valence-electron chi connectivity index (χ4n) is 11.9. The fraction of sp³-hybridized carbons (Fsp3) is 0.491. The van der Waals surface area contributed by atoms with Crippen LogP contribution < -0.4 is 30.5 Å². The number of aromatic hydroxyl groups is 1. The Bertz CT molecular complexity index is 3020. The van der Waals surface area contributed by atoms with Gasteiger partial charge in [-0.25, -0.2) is 9.97 Å². The van der Waals surface area contributed by atoms with Gasteiger partial charge in [-0.2, -0.15) is 0 Å². The number of β-amino-alcohol motifs (C(OH)–C–C–N with tert-alkyl or cyclic N) is 1. The van der Waals surface area contributed by atoms with Crippen molar-refractivity contribution in [2.75, 3.05) is 106 Å². The number of phenolic OH excluding ortho intramolecular Hbond substituents is 1. The van der Waals surface area contributed by atoms with Gasteiger partial charge < -0.3 is 54.9 Å². The van der Waals surface area contributed by atoms with Crippen molar-refractivity contribution in [2.45, 2.75) is 89.3 Å². The van der Waals surface area contributed by atoms with Crippen LogP contribution in [0.4, 0.5) is 23.0 Å². The Morgan fingerprint density at radius 3 is 2.31 bits per heavy atom. The van der Waals surface area contributed by atoms with Crippen molar-refractivity contribution < 1.29 is 33.8 Å². The number of thiazole rings is 1. The van der Waals surface area contributed by atoms with E-state index in [1.807, 2.05) is 81.9 Å². The summed E-state index contributed by atoms with van der Waals surface area (Å²) in [6.45, 7) is 17.5. The predicted molar refractivity (Wildman–Crippen MR) is 299 cm³/mol. The molecule has 6 aromatic rings. The minimum atomic E-state index is -0.825. The summed E-state index contributed by atoms with van der Waals surface area (Å²) in [6, 6.07) is 22.7. The van der Waals surface area contributed by atoms with Gasteiger partial charge in [-0.3, -0.25) is 19.4 Å². The number of carbonyl (C=O) groups excluding carboxylic acids is 2. The molecular weight excluding hydrogens is 1010 g/mol. The Labute approximate surface area is 459 Å². The lowest BCUT2D eigenvalue weighted by atomic mass is 9.91. The average molecular weight is 1080 g/mol. The second-order valence-electron chi connectivity index (χ2n) is 21.8. The summed E-state index contributed by atoms with van der Waals surface area (Å²) in [4.78, 5) is 51.7. The third-order valence-electron chi connectivity index (χ3n) is 16.3. The highest BCUT2D eigenvalue weighted by atomic mass is 32.1. The molecule has 21 heteroatoms. The Hall–Kier alpha value is -6.91. The minimum absolute atomic E-state index is 0.0567. The average Bonchev–Trinajstić information content (AvgIpc) is 4.36. The van der Waals surface area contributed by atoms with Gasteiger partial charge in [0, 0.05) is 120 Å². The molecule has 412 valence electrons. The maximum Gasteiger partial charge on any atom is 0.254 e. The molecule has 78 heavy (non-hydrogen) atoms. The van der Waals surface area contributed by atoms with Crippen LogP contribution in [0.5, 0.6) is 11.6 Å². The van der Waals surface area contributed by atoms with Crippen LogP contribution >= 0.6 is 11.3 Å². The number of aryl methyl sites for hydroxylation is 1. The second kappa shape index (κ2) is 23.2. The van der Waals surface area contributed by atoms with Gasteiger partial charge in [0.1, 0.15) is 30.1 Å². The van der Waals surface area contributed by atoms with Crippen molar-refractivity contribution in [3.05, 3.63) is 102 Å². The van der Waals surface area contributed by atoms with Crippen molar-refractivity contribution in [1.82, 2.24) is 45.3 Å². The third kappa shape index (κ3) is 11.5. The molecule has 2 unspecified atom stereocenters. The molecule has 5 fully saturated rings. The first kappa shape index (κ1) is 53.1. The van der Waals surface area contributed by atoms with E-state index in [2.05, 4.69) is 62.3 Å². The highest BCUT2D eigenvalue weighted by Crippen LogP contribution is 2.40. The number of fused-ring (bicyclic) bond motifs is 2. The summed E-state index contributed by atoms with van der Waals surface area (Å²) < 4.78 is 18.1. The first-order chi connectivity index (χ1) is 37.8. The number of nitrogens with two attached hydrogens (primary N) is 1. The van der Waals surface area contributed by atoms with Crippen LogP contribution in [0.3, 0.4) is 0 Å². The van der Waals surface area contributed by atoms with Gasteiger partial charge in [0.2, 0.25) is 11.8 Å². The molecule has 5 N–H and O–H groups in total. The number of aliphatic hydroxyl groups excluding tert-OH is 1. The number of nitrogen functional groups attached to an aromatic ring is 1. The van der Waals surface area contributed by atoms with Crippen molar-refractivity contribution >= 4 is 46.2 Å². The molecule has 4 aromatic heterocycles. The number of carbonyl (C=O) groups is 2. The van der Waals surface area contributed by atoms with Crippen LogP contribution in [-0.2, 0) is 14.3 Å². The largest absolute Gasteiger partial charge is 0.507 e. The maximum atomic E-state index is 14.2. The molecule has 9 heterocycles. The lowest BCUT2D eigenvalue weighted by Gasteiger charge is -2.44. The van der Waals surface area contributed by atoms with Crippen molar-refractivity contribution in [2.24, 2.45) is 5.92 Å². The molecule has 6 atom stereocenters. The van der Waals surface area contributed by atoms with E-state index in [0.29, 0.717) is 54.0 Å². The number of nitrogens with one attached hydrogen (secondary N) is 1. The molecule has 11 rings (SSSR count). The van der Waals surface area contributed by atoms with Gasteiger partial charge in [-0.15, -0.1) is 21.5 Å². The minimum Gasteiger partial charge on any atom is -0.507 e. The van der Waals surface area contributed by atoms with E-state index in [9.17, 15) is 19.8 Å². The number of aliphatic hydroxyl groups is 1. The summed E-state index contributed by atoms with van der Waals surface area (Å²) in [5.74, 6) is 0.732. The molecular formula is C57H71N13O7S. The molecule has 5 aliphatic heterocycles. The number of anilines is 4. The molecule has 2 aromatic carbocycles. The molecule has 0 saturated carbocycles. The van der Waals surface area contributed by atoms with Crippen LogP contribution in [0, 0.1) is 12.8 Å². The first-order valence-corrected chi connectivity index (χ1v) is 28.3. The number of likely N-dealkylation sites (tertiary alicyclic amines) is 1. The highest BCUT2D eigenvalue weighted by molar-refractivity contribution is 7.13. The number of ether oxygens (including phenoxy) is 2. The Balaban J connectivity index is 0.589. The van der Waals surface area contributed by atoms with Crippen LogP contribution in [0.2, 0.25) is 0 Å². The molecule has 20 nitrogen and oxygen atoms in total. The monoisotopic (exact) mass is 1080 g/mol. The van der Waals surface area contributed by atoms with Gasteiger partial charge in [0.15, 0.2) is 11.6 Å². The fourth-order valence-corrected chi connectivity index (χ4v) is 12.7. The van der Waals surface area contributed by atoms with Crippen LogP contribution in [0.1, 0.15) is 69.0 Å². The number of piperazine rings is 2. The van der Waals surface area contributed by atoms with E-state index >= 15 is 0 Å². The standard InChI is InChI=1S/C57H71N13O7S/c1-35(2)53(57(74)69-31-43(71)26-48(69)56(73)61-36(3)38-9-11-39(12-10-38)54-37(4)60-34-78-54)50-28-52(64-77-50)76-24-22-66-19-17-65(18-20-66)21-23-75-44-32-68(33-44)51-25-40(15-16-59-51)70-41-13-14-42(70)30-67(29-41)47-27-46(62-63-55(47)58)45-7-5-6-8-49(45)72/h5-12,15-16,25,27-28,34-36,41-44,48,53,71-72H,13-14,17-24,26,29-33H2,1-4H3,(H2,58,63)(H,61,73)/t36-,41?,42?,43+,48-,53+/m0/s1. The second-order valence-corrected chi connectivity index (χ2v) is 22.7. The number of amides is 2. The lowest BCUT2D eigenvalue weighted by Crippen LogP contribution is -2.55. The number of benzene rings is 2. The van der Waals surface area contributed by atoms with Gasteiger partial charge in [0.25, 0.3) is 5.88 Å². The molecule has 5 saturated heterocycles. The zero-order valence-electron chi connectivity index (χ0n) is 44.9. The molecule has 0 spiro atoms. The van der Waals surface area contributed by atoms with E-state index in [1.165, 1.54) is 10.6 Å². The number of pyridine rings is 1. The van der Waals surface area contributed by atoms with Crippen molar-refractivity contribution in [3.63, 3.8) is 0 Å². The first-order valence-electron chi connectivity index (χ1n) is 27.4. The molecule has 2 amide bonds. The highest BCUT2D eigenvalue weighted by Gasteiger charge is 2.44. The van der Waals surface area contributed by atoms with E-state index < -0.39 is 18.1 Å². The quantitative estimate of drug-likeness (QED) is 0.0776. The predicted octanol–water partition coefficient (Wildman–Crippen LogP) is 5.58. The Morgan fingerprint density at radius 2 is 1.60 bits per heavy atom. The van der Waals surface area contributed by atoms with E-state index in [4.69, 9.17) is 24.7 Å². The number of rotatable bonds is 19. The Morgan fingerprint density at radius 1 is 0.872 bits per heavy atom. The normalized spacial score (nSPS) is 21.8. The number of para-hydroxylation sites is 1. The summed E-state index contributed by atoms with van der Waals surface area (Å²) in [6.07, 6.45) is 3.61. The number of aromatic nitrogens is 5. The van der Waals surface area contributed by atoms with E-state index in [0.717, 1.165) is 111 Å². The third-order valence-corrected chi connectivity index (χ3v) is 17.3. The molecule has 0 aliphatic carbocycles. The van der Waals surface area contributed by atoms with Crippen LogP contribution in [-0.4, -0.2) is 178 Å². The van der Waals surface area contributed by atoms with Crippen molar-refractivity contribution in [1.29, 1.82) is 0 Å². The van der Waals surface area contributed by atoms with Gasteiger partial charge in [0.05, 0.1) is 52.3 Å². The van der Waals surface area contributed by atoms with Crippen molar-refractivity contribution in [3.8, 4) is 33.3 Å². The SMILES string of the molecule is Cc1ncsc1-c1ccc([C@H](C)NC(=O)[C@@H]2C[C@@H](O)CN2C(=O)[C@@H](c2cc(OCCN3CCN(CCOC4CN(c5cc(N6C7CCC6CN(c6cc(-c8ccccc8O)nnc6N)C7)ccn5)C4)CC3)no2)C(C)C)cc1. The lowest BCUT2D eigenvalue weighted by molar-refractivity contribution is -0.141. The maximum absolute atomic E-state index is 14.2. The van der Waals surface area contributed by atoms with Crippen LogP contribution in [0.15, 0.2) is 89.0 Å². The smallest absolute Gasteiger partial charge is 0.254 e. The van der Waals surface area contributed by atoms with Gasteiger partial charge in [-0.1, -0.05) is 50.2 Å². The molecule has 5 aliphatic rings. The summed E-state index contributed by atoms with van der Waals surface area (Å²) >= 11 is 1.59. The zero-order chi connectivity index (χ0) is 54.0. The molecule has 2 bridgehead atoms. The topological polar surface area (TPSA) is 228 Å². The number of hydrogen-bond donors (Lipinski definition) is 4.